The van der Waals surface area contributed by atoms with Gasteiger partial charge in [-0.3, -0.25) is 0 Å². The van der Waals surface area contributed by atoms with E-state index in [0.29, 0.717) is 35.5 Å². The minimum Gasteiger partial charge on any atom is -0.478 e. The van der Waals surface area contributed by atoms with Gasteiger partial charge in [-0.25, -0.2) is 24.2 Å². The second-order valence-electron chi connectivity index (χ2n) is 6.33. The van der Waals surface area contributed by atoms with Crippen molar-refractivity contribution >= 4 is 41.2 Å². The highest BCUT2D eigenvalue weighted by Gasteiger charge is 2.40. The number of halogens is 1. The van der Waals surface area contributed by atoms with Crippen LogP contribution in [0.4, 0.5) is 5.69 Å². The number of nitrogens with one attached hydrogen (secondary N) is 1. The Bertz CT molecular complexity index is 775. The first-order valence-corrected chi connectivity index (χ1v) is 9.34. The van der Waals surface area contributed by atoms with Gasteiger partial charge >= 0.3 is 23.9 Å². The van der Waals surface area contributed by atoms with Crippen LogP contribution in [0.25, 0.3) is 0 Å². The molecule has 3 rings (SSSR count). The van der Waals surface area contributed by atoms with Crippen LogP contribution >= 0.6 is 11.6 Å². The van der Waals surface area contributed by atoms with Crippen molar-refractivity contribution in [3.05, 3.63) is 47.8 Å². The average molecular weight is 456 g/mol. The van der Waals surface area contributed by atoms with Crippen molar-refractivity contribution in [3.8, 4) is 0 Å². The fourth-order valence-electron chi connectivity index (χ4n) is 2.84. The number of carboxylic acid groups (broad SMARTS) is 4. The molecule has 11 nitrogen and oxygen atoms in total. The number of aromatic nitrogens is 1. The van der Waals surface area contributed by atoms with Gasteiger partial charge in [0.25, 0.3) is 0 Å². The van der Waals surface area contributed by atoms with E-state index in [-0.39, 0.29) is 0 Å². The van der Waals surface area contributed by atoms with Gasteiger partial charge in [0.15, 0.2) is 0 Å². The maximum Gasteiger partial charge on any atom is 0.328 e. The molecule has 0 saturated carbocycles. The van der Waals surface area contributed by atoms with E-state index >= 15 is 0 Å². The second-order valence-corrected chi connectivity index (χ2v) is 6.72. The van der Waals surface area contributed by atoms with Gasteiger partial charge in [0.05, 0.1) is 11.9 Å². The van der Waals surface area contributed by atoms with Gasteiger partial charge in [-0.05, 0) is 31.0 Å². The Morgan fingerprint density at radius 2 is 1.48 bits per heavy atom. The van der Waals surface area contributed by atoms with E-state index in [2.05, 4.69) is 21.3 Å². The molecule has 0 aliphatic carbocycles. The minimum atomic E-state index is -1.26. The number of anilines is 1. The Hall–Kier alpha value is -3.44. The number of carboxylic acids is 4. The standard InChI is InChI=1S/C11H14ClN3.2C4H4O4/c12-11-2-1-9(5-14-11)15-7-8-3-4-13-6-10(8)15;2*5-3(6)1-2-4(7)8/h1-2,5,8,10,13H,3-4,6-7H2;2*1-2H,(H,5,6)(H,7,8)/t8-,10-;;/m1../s1. The fraction of sp³-hybridized carbons (Fsp3) is 0.316. The third-order valence-corrected chi connectivity index (χ3v) is 4.43. The summed E-state index contributed by atoms with van der Waals surface area (Å²) in [5.41, 5.74) is 1.20. The summed E-state index contributed by atoms with van der Waals surface area (Å²) in [6, 6.07) is 4.59. The van der Waals surface area contributed by atoms with Crippen LogP contribution in [0.3, 0.4) is 0 Å². The van der Waals surface area contributed by atoms with Crippen LogP contribution in [-0.2, 0) is 19.2 Å². The summed E-state index contributed by atoms with van der Waals surface area (Å²) in [7, 11) is 0. The van der Waals surface area contributed by atoms with Crippen LogP contribution in [0.1, 0.15) is 6.42 Å². The number of piperidine rings is 1. The van der Waals surface area contributed by atoms with Gasteiger partial charge in [-0.1, -0.05) is 11.6 Å². The number of pyridine rings is 1. The number of hydrogen-bond acceptors (Lipinski definition) is 7. The molecule has 2 aliphatic rings. The van der Waals surface area contributed by atoms with Crippen molar-refractivity contribution in [1.82, 2.24) is 10.3 Å². The summed E-state index contributed by atoms with van der Waals surface area (Å²) >= 11 is 5.77. The molecule has 5 N–H and O–H groups in total. The predicted octanol–water partition coefficient (Wildman–Crippen LogP) is 0.957. The Morgan fingerprint density at radius 3 is 1.87 bits per heavy atom. The van der Waals surface area contributed by atoms with Gasteiger partial charge in [-0.2, -0.15) is 0 Å². The summed E-state index contributed by atoms with van der Waals surface area (Å²) in [5.74, 6) is -4.15. The number of rotatable bonds is 5. The highest BCUT2D eigenvalue weighted by molar-refractivity contribution is 6.29. The zero-order valence-electron chi connectivity index (χ0n) is 16.2. The number of nitrogens with zero attached hydrogens (tertiary/aromatic N) is 2. The Labute approximate surface area is 182 Å². The van der Waals surface area contributed by atoms with Gasteiger partial charge in [-0.15, -0.1) is 0 Å². The van der Waals surface area contributed by atoms with Crippen LogP contribution < -0.4 is 10.2 Å². The molecule has 12 heteroatoms. The molecule has 168 valence electrons. The van der Waals surface area contributed by atoms with Crippen molar-refractivity contribution in [3.63, 3.8) is 0 Å². The lowest BCUT2D eigenvalue weighted by molar-refractivity contribution is -0.134. The van der Waals surface area contributed by atoms with Crippen LogP contribution in [0.15, 0.2) is 42.6 Å². The topological polar surface area (TPSA) is 177 Å². The van der Waals surface area contributed by atoms with E-state index < -0.39 is 23.9 Å². The van der Waals surface area contributed by atoms with Crippen LogP contribution in [0.5, 0.6) is 0 Å². The third-order valence-electron chi connectivity index (χ3n) is 4.20. The quantitative estimate of drug-likeness (QED) is 0.315. The molecule has 2 fully saturated rings. The fourth-order valence-corrected chi connectivity index (χ4v) is 2.96. The SMILES string of the molecule is Clc1ccc(N2C[C@H]3CCNC[C@H]32)cn1.O=C(O)C=CC(=O)O.O=C(O)C=CC(=O)O. The first-order chi connectivity index (χ1) is 14.6. The molecule has 1 aromatic heterocycles. The summed E-state index contributed by atoms with van der Waals surface area (Å²) in [5, 5.41) is 35.3. The number of fused-ring (bicyclic) bond motifs is 1. The number of hydrogen-bond donors (Lipinski definition) is 5. The molecule has 2 atom stereocenters. The average Bonchev–Trinajstić information content (AvgIpc) is 2.68. The molecule has 0 bridgehead atoms. The van der Waals surface area contributed by atoms with Crippen molar-refractivity contribution in [2.75, 3.05) is 24.5 Å². The second kappa shape index (κ2) is 13.0. The predicted molar refractivity (Wildman–Crippen MR) is 110 cm³/mol. The normalized spacial score (nSPS) is 19.2. The Balaban J connectivity index is 0.000000259. The first kappa shape index (κ1) is 25.6. The van der Waals surface area contributed by atoms with E-state index in [1.165, 1.54) is 25.2 Å². The first-order valence-electron chi connectivity index (χ1n) is 8.97. The maximum atomic E-state index is 9.55. The molecule has 2 saturated heterocycles. The highest BCUT2D eigenvalue weighted by Crippen LogP contribution is 2.34. The van der Waals surface area contributed by atoms with E-state index in [1.807, 2.05) is 12.3 Å². The molecule has 2 aliphatic heterocycles. The zero-order chi connectivity index (χ0) is 23.4. The Kier molecular flexibility index (Phi) is 10.7. The lowest BCUT2D eigenvalue weighted by atomic mass is 9.83. The molecular formula is C19H22ClN3O8. The van der Waals surface area contributed by atoms with Crippen molar-refractivity contribution in [2.45, 2.75) is 12.5 Å². The molecule has 31 heavy (non-hydrogen) atoms. The monoisotopic (exact) mass is 455 g/mol. The summed E-state index contributed by atoms with van der Waals surface area (Å²) in [6.45, 7) is 3.46. The van der Waals surface area contributed by atoms with Crippen molar-refractivity contribution in [1.29, 1.82) is 0 Å². The zero-order valence-corrected chi connectivity index (χ0v) is 17.0. The third kappa shape index (κ3) is 10.2. The molecule has 3 heterocycles. The van der Waals surface area contributed by atoms with Gasteiger partial charge < -0.3 is 30.6 Å². The largest absolute Gasteiger partial charge is 0.478 e. The van der Waals surface area contributed by atoms with Crippen molar-refractivity contribution in [2.24, 2.45) is 5.92 Å². The molecule has 1 aromatic rings. The molecule has 0 amide bonds. The van der Waals surface area contributed by atoms with Gasteiger partial charge in [0.1, 0.15) is 5.15 Å². The summed E-state index contributed by atoms with van der Waals surface area (Å²) < 4.78 is 0. The number of carbonyl (C=O) groups is 4. The summed E-state index contributed by atoms with van der Waals surface area (Å²) in [4.78, 5) is 44.8. The molecule has 0 radical (unpaired) electrons. The van der Waals surface area contributed by atoms with Gasteiger partial charge in [0, 0.05) is 43.4 Å². The molecule has 0 unspecified atom stereocenters. The highest BCUT2D eigenvalue weighted by atomic mass is 35.5. The van der Waals surface area contributed by atoms with Crippen molar-refractivity contribution < 1.29 is 39.6 Å². The van der Waals surface area contributed by atoms with Crippen LogP contribution in [0.2, 0.25) is 5.15 Å². The lowest BCUT2D eigenvalue weighted by Gasteiger charge is -2.52. The maximum absolute atomic E-state index is 9.55. The smallest absolute Gasteiger partial charge is 0.328 e. The van der Waals surface area contributed by atoms with Crippen LogP contribution in [0, 0.1) is 5.92 Å². The van der Waals surface area contributed by atoms with E-state index in [9.17, 15) is 19.2 Å². The number of aliphatic carboxylic acids is 4. The summed E-state index contributed by atoms with van der Waals surface area (Å²) in [6.07, 6.45) is 5.41. The van der Waals surface area contributed by atoms with E-state index in [0.717, 1.165) is 12.5 Å². The minimum absolute atomic E-state index is 0.558. The Morgan fingerprint density at radius 1 is 0.968 bits per heavy atom. The van der Waals surface area contributed by atoms with Crippen LogP contribution in [-0.4, -0.2) is 75.0 Å². The lowest BCUT2D eigenvalue weighted by Crippen LogP contribution is -2.63. The van der Waals surface area contributed by atoms with Gasteiger partial charge in [0.2, 0.25) is 0 Å². The molecule has 0 spiro atoms. The van der Waals surface area contributed by atoms with E-state index in [4.69, 9.17) is 32.0 Å². The molecule has 0 aromatic carbocycles. The molecular weight excluding hydrogens is 434 g/mol. The van der Waals surface area contributed by atoms with E-state index in [1.54, 1.807) is 0 Å².